The average Bonchev–Trinajstić information content (AvgIpc) is 2.12. The number of ketones is 1. The van der Waals surface area contributed by atoms with Crippen molar-refractivity contribution in [2.75, 3.05) is 6.61 Å². The van der Waals surface area contributed by atoms with Crippen LogP contribution >= 0.6 is 0 Å². The SMILES string of the molecule is CCOC(=O)C1(C)CCC(=O)CC1C. The maximum Gasteiger partial charge on any atom is 0.312 e. The van der Waals surface area contributed by atoms with Gasteiger partial charge in [0.2, 0.25) is 0 Å². The van der Waals surface area contributed by atoms with Gasteiger partial charge in [0, 0.05) is 12.8 Å². The van der Waals surface area contributed by atoms with E-state index < -0.39 is 5.41 Å². The number of carbonyl (C=O) groups is 2. The topological polar surface area (TPSA) is 43.4 Å². The first kappa shape index (κ1) is 11.2. The molecule has 1 aliphatic rings. The van der Waals surface area contributed by atoms with Gasteiger partial charge in [-0.1, -0.05) is 6.92 Å². The van der Waals surface area contributed by atoms with E-state index >= 15 is 0 Å². The van der Waals surface area contributed by atoms with Crippen molar-refractivity contribution in [1.82, 2.24) is 0 Å². The van der Waals surface area contributed by atoms with Crippen LogP contribution in [0.25, 0.3) is 0 Å². The van der Waals surface area contributed by atoms with Gasteiger partial charge in [-0.05, 0) is 26.2 Å². The zero-order valence-corrected chi connectivity index (χ0v) is 9.13. The van der Waals surface area contributed by atoms with Crippen molar-refractivity contribution < 1.29 is 14.3 Å². The Kier molecular flexibility index (Phi) is 3.29. The average molecular weight is 198 g/mol. The molecule has 0 aromatic rings. The lowest BCUT2D eigenvalue weighted by atomic mass is 9.68. The molecule has 3 heteroatoms. The lowest BCUT2D eigenvalue weighted by molar-refractivity contribution is -0.160. The molecule has 1 rings (SSSR count). The number of esters is 1. The van der Waals surface area contributed by atoms with E-state index in [0.717, 1.165) is 0 Å². The Labute approximate surface area is 84.8 Å². The Morgan fingerprint density at radius 3 is 2.79 bits per heavy atom. The third kappa shape index (κ3) is 1.97. The molecule has 0 aromatic carbocycles. The standard InChI is InChI=1S/C11H18O3/c1-4-14-10(13)11(3)6-5-9(12)7-8(11)2/h8H,4-7H2,1-3H3. The van der Waals surface area contributed by atoms with Crippen LogP contribution in [0.3, 0.4) is 0 Å². The molecule has 14 heavy (non-hydrogen) atoms. The molecule has 80 valence electrons. The van der Waals surface area contributed by atoms with E-state index in [1.807, 2.05) is 13.8 Å². The van der Waals surface area contributed by atoms with Crippen molar-refractivity contribution in [3.05, 3.63) is 0 Å². The first-order chi connectivity index (χ1) is 6.50. The summed E-state index contributed by atoms with van der Waals surface area (Å²) >= 11 is 0. The summed E-state index contributed by atoms with van der Waals surface area (Å²) < 4.78 is 5.04. The van der Waals surface area contributed by atoms with Crippen LogP contribution in [0.4, 0.5) is 0 Å². The van der Waals surface area contributed by atoms with Crippen LogP contribution in [0, 0.1) is 11.3 Å². The second-order valence-corrected chi connectivity index (χ2v) is 4.28. The Bertz CT molecular complexity index is 247. The molecule has 0 saturated heterocycles. The normalized spacial score (nSPS) is 32.8. The number of Topliss-reactive ketones (excluding diaryl/α,β-unsaturated/α-hetero) is 1. The maximum absolute atomic E-state index is 11.7. The molecule has 0 aliphatic heterocycles. The highest BCUT2D eigenvalue weighted by Crippen LogP contribution is 2.40. The van der Waals surface area contributed by atoms with E-state index in [1.165, 1.54) is 0 Å². The summed E-state index contributed by atoms with van der Waals surface area (Å²) in [5.74, 6) is 0.210. The fourth-order valence-electron chi connectivity index (χ4n) is 1.91. The molecule has 0 radical (unpaired) electrons. The highest BCUT2D eigenvalue weighted by molar-refractivity contribution is 5.84. The van der Waals surface area contributed by atoms with Gasteiger partial charge >= 0.3 is 5.97 Å². The van der Waals surface area contributed by atoms with Crippen LogP contribution in [0.15, 0.2) is 0 Å². The predicted octanol–water partition coefficient (Wildman–Crippen LogP) is 1.94. The summed E-state index contributed by atoms with van der Waals surface area (Å²) in [6, 6.07) is 0. The van der Waals surface area contributed by atoms with E-state index in [9.17, 15) is 9.59 Å². The van der Waals surface area contributed by atoms with Crippen LogP contribution in [0.1, 0.15) is 40.0 Å². The summed E-state index contributed by atoms with van der Waals surface area (Å²) in [6.45, 7) is 6.07. The van der Waals surface area contributed by atoms with Crippen molar-refractivity contribution in [2.24, 2.45) is 11.3 Å². The van der Waals surface area contributed by atoms with E-state index in [0.29, 0.717) is 25.9 Å². The summed E-state index contributed by atoms with van der Waals surface area (Å²) in [7, 11) is 0. The van der Waals surface area contributed by atoms with E-state index in [1.54, 1.807) is 6.92 Å². The molecule has 1 aliphatic carbocycles. The van der Waals surface area contributed by atoms with E-state index in [-0.39, 0.29) is 17.7 Å². The fourth-order valence-corrected chi connectivity index (χ4v) is 1.91. The largest absolute Gasteiger partial charge is 0.466 e. The minimum Gasteiger partial charge on any atom is -0.466 e. The quantitative estimate of drug-likeness (QED) is 0.637. The van der Waals surface area contributed by atoms with Crippen molar-refractivity contribution in [1.29, 1.82) is 0 Å². The summed E-state index contributed by atoms with van der Waals surface area (Å²) in [4.78, 5) is 22.9. The maximum atomic E-state index is 11.7. The number of hydrogen-bond donors (Lipinski definition) is 0. The van der Waals surface area contributed by atoms with Crippen LogP contribution in [-0.2, 0) is 14.3 Å². The van der Waals surface area contributed by atoms with Gasteiger partial charge in [-0.3, -0.25) is 9.59 Å². The van der Waals surface area contributed by atoms with Crippen LogP contribution in [0.5, 0.6) is 0 Å². The molecule has 2 unspecified atom stereocenters. The Hall–Kier alpha value is -0.860. The number of hydrogen-bond acceptors (Lipinski definition) is 3. The third-order valence-corrected chi connectivity index (χ3v) is 3.29. The van der Waals surface area contributed by atoms with Gasteiger partial charge in [0.25, 0.3) is 0 Å². The van der Waals surface area contributed by atoms with Gasteiger partial charge in [0.1, 0.15) is 5.78 Å². The molecule has 1 saturated carbocycles. The van der Waals surface area contributed by atoms with E-state index in [4.69, 9.17) is 4.74 Å². The second kappa shape index (κ2) is 4.11. The van der Waals surface area contributed by atoms with Crippen LogP contribution in [-0.4, -0.2) is 18.4 Å². The van der Waals surface area contributed by atoms with Gasteiger partial charge in [0.05, 0.1) is 12.0 Å². The minimum atomic E-state index is -0.454. The van der Waals surface area contributed by atoms with Crippen molar-refractivity contribution in [3.8, 4) is 0 Å². The molecule has 2 atom stereocenters. The molecule has 0 bridgehead atoms. The Balaban J connectivity index is 2.72. The van der Waals surface area contributed by atoms with Gasteiger partial charge < -0.3 is 4.74 Å². The Morgan fingerprint density at radius 2 is 2.29 bits per heavy atom. The molecular formula is C11H18O3. The molecule has 1 fully saturated rings. The monoisotopic (exact) mass is 198 g/mol. The highest BCUT2D eigenvalue weighted by atomic mass is 16.5. The molecule has 0 amide bonds. The van der Waals surface area contributed by atoms with Crippen molar-refractivity contribution in [2.45, 2.75) is 40.0 Å². The number of ether oxygens (including phenoxy) is 1. The van der Waals surface area contributed by atoms with Gasteiger partial charge in [0.15, 0.2) is 0 Å². The third-order valence-electron chi connectivity index (χ3n) is 3.29. The Morgan fingerprint density at radius 1 is 1.64 bits per heavy atom. The summed E-state index contributed by atoms with van der Waals surface area (Å²) in [5.41, 5.74) is -0.454. The van der Waals surface area contributed by atoms with Crippen LogP contribution in [0.2, 0.25) is 0 Å². The first-order valence-corrected chi connectivity index (χ1v) is 5.19. The number of rotatable bonds is 2. The lowest BCUT2D eigenvalue weighted by Gasteiger charge is -2.36. The predicted molar refractivity (Wildman–Crippen MR) is 52.8 cm³/mol. The molecule has 3 nitrogen and oxygen atoms in total. The zero-order chi connectivity index (χ0) is 10.8. The summed E-state index contributed by atoms with van der Waals surface area (Å²) in [5, 5.41) is 0. The zero-order valence-electron chi connectivity index (χ0n) is 9.13. The van der Waals surface area contributed by atoms with Crippen molar-refractivity contribution in [3.63, 3.8) is 0 Å². The van der Waals surface area contributed by atoms with Gasteiger partial charge in [-0.25, -0.2) is 0 Å². The van der Waals surface area contributed by atoms with Crippen LogP contribution < -0.4 is 0 Å². The van der Waals surface area contributed by atoms with Gasteiger partial charge in [-0.2, -0.15) is 0 Å². The smallest absolute Gasteiger partial charge is 0.312 e. The lowest BCUT2D eigenvalue weighted by Crippen LogP contribution is -2.40. The molecule has 0 spiro atoms. The molecule has 0 N–H and O–H groups in total. The highest BCUT2D eigenvalue weighted by Gasteiger charge is 2.43. The fraction of sp³-hybridized carbons (Fsp3) is 0.818. The molecule has 0 aromatic heterocycles. The molecular weight excluding hydrogens is 180 g/mol. The number of carbonyl (C=O) groups excluding carboxylic acids is 2. The first-order valence-electron chi connectivity index (χ1n) is 5.19. The molecule has 0 heterocycles. The summed E-state index contributed by atoms with van der Waals surface area (Å²) in [6.07, 6.45) is 1.65. The van der Waals surface area contributed by atoms with E-state index in [2.05, 4.69) is 0 Å². The van der Waals surface area contributed by atoms with Crippen molar-refractivity contribution >= 4 is 11.8 Å². The minimum absolute atomic E-state index is 0.0998. The van der Waals surface area contributed by atoms with Gasteiger partial charge in [-0.15, -0.1) is 0 Å². The second-order valence-electron chi connectivity index (χ2n) is 4.28.